The van der Waals surface area contributed by atoms with Crippen LogP contribution in [-0.2, 0) is 0 Å². The van der Waals surface area contributed by atoms with Gasteiger partial charge in [-0.05, 0) is 42.8 Å². The molecule has 1 N–H and O–H groups in total. The lowest BCUT2D eigenvalue weighted by Crippen LogP contribution is -2.10. The second kappa shape index (κ2) is 5.48. The van der Waals surface area contributed by atoms with Gasteiger partial charge in [0.1, 0.15) is 0 Å². The Kier molecular flexibility index (Phi) is 4.53. The second-order valence-electron chi connectivity index (χ2n) is 3.54. The molecule has 90 valence electrons. The predicted molar refractivity (Wildman–Crippen MR) is 62.9 cm³/mol. The first kappa shape index (κ1) is 13.2. The number of hydrogen-bond donors (Lipinski definition) is 1. The summed E-state index contributed by atoms with van der Waals surface area (Å²) in [5, 5.41) is 3.01. The quantitative estimate of drug-likeness (QED) is 0.810. The molecule has 0 aromatic heterocycles. The lowest BCUT2D eigenvalue weighted by atomic mass is 10.1. The van der Waals surface area contributed by atoms with Gasteiger partial charge in [0.05, 0.1) is 0 Å². The molecule has 0 radical (unpaired) electrons. The molecule has 1 aromatic carbocycles. The average Bonchev–Trinajstić information content (AvgIpc) is 2.16. The van der Waals surface area contributed by atoms with Gasteiger partial charge in [-0.15, -0.1) is 0 Å². The SMILES string of the molecule is Cc1ccc(C)c(NCCSC(F)(F)F)c1. The van der Waals surface area contributed by atoms with Crippen molar-refractivity contribution in [2.24, 2.45) is 0 Å². The van der Waals surface area contributed by atoms with Gasteiger partial charge >= 0.3 is 5.51 Å². The maximum absolute atomic E-state index is 11.9. The molecule has 0 fully saturated rings. The Morgan fingerprint density at radius 3 is 2.56 bits per heavy atom. The van der Waals surface area contributed by atoms with E-state index in [1.54, 1.807) is 0 Å². The number of rotatable bonds is 4. The third-order valence-corrected chi connectivity index (χ3v) is 2.81. The standard InChI is InChI=1S/C11H14F3NS/c1-8-3-4-9(2)10(7-8)15-5-6-16-11(12,13)14/h3-4,7,15H,5-6H2,1-2H3. The molecule has 16 heavy (non-hydrogen) atoms. The summed E-state index contributed by atoms with van der Waals surface area (Å²) in [6, 6.07) is 5.87. The average molecular weight is 249 g/mol. The molecule has 0 heterocycles. The van der Waals surface area contributed by atoms with Crippen molar-refractivity contribution < 1.29 is 13.2 Å². The van der Waals surface area contributed by atoms with Crippen molar-refractivity contribution in [2.75, 3.05) is 17.6 Å². The zero-order valence-electron chi connectivity index (χ0n) is 9.19. The Labute approximate surface area is 97.4 Å². The number of thioether (sulfide) groups is 1. The molecule has 1 aromatic rings. The molecule has 0 aliphatic rings. The number of aryl methyl sites for hydroxylation is 2. The van der Waals surface area contributed by atoms with Crippen molar-refractivity contribution in [1.82, 2.24) is 0 Å². The highest BCUT2D eigenvalue weighted by Gasteiger charge is 2.27. The molecular formula is C11H14F3NS. The summed E-state index contributed by atoms with van der Waals surface area (Å²) in [6.45, 7) is 4.20. The second-order valence-corrected chi connectivity index (χ2v) is 4.70. The third-order valence-electron chi connectivity index (χ3n) is 2.08. The molecular weight excluding hydrogens is 235 g/mol. The highest BCUT2D eigenvalue weighted by molar-refractivity contribution is 8.00. The van der Waals surface area contributed by atoms with Gasteiger partial charge in [-0.25, -0.2) is 0 Å². The molecule has 0 aliphatic heterocycles. The van der Waals surface area contributed by atoms with Crippen LogP contribution in [0, 0.1) is 13.8 Å². The fraction of sp³-hybridized carbons (Fsp3) is 0.455. The van der Waals surface area contributed by atoms with Gasteiger partial charge in [0.2, 0.25) is 0 Å². The smallest absolute Gasteiger partial charge is 0.384 e. The van der Waals surface area contributed by atoms with Gasteiger partial charge in [0, 0.05) is 18.0 Å². The summed E-state index contributed by atoms with van der Waals surface area (Å²) in [5.41, 5.74) is -1.09. The van der Waals surface area contributed by atoms with E-state index >= 15 is 0 Å². The summed E-state index contributed by atoms with van der Waals surface area (Å²) in [5.74, 6) is 0.0247. The van der Waals surface area contributed by atoms with Crippen molar-refractivity contribution in [3.63, 3.8) is 0 Å². The summed E-state index contributed by atoms with van der Waals surface area (Å²) in [6.07, 6.45) is 0. The number of alkyl halides is 3. The van der Waals surface area contributed by atoms with Gasteiger partial charge in [-0.3, -0.25) is 0 Å². The van der Waals surface area contributed by atoms with E-state index in [2.05, 4.69) is 5.32 Å². The minimum absolute atomic E-state index is 0.000372. The van der Waals surface area contributed by atoms with Crippen LogP contribution in [-0.4, -0.2) is 17.8 Å². The number of anilines is 1. The van der Waals surface area contributed by atoms with Crippen LogP contribution in [0.1, 0.15) is 11.1 Å². The maximum atomic E-state index is 11.9. The van der Waals surface area contributed by atoms with Crippen LogP contribution in [0.2, 0.25) is 0 Å². The van der Waals surface area contributed by atoms with Gasteiger partial charge in [0.15, 0.2) is 0 Å². The normalized spacial score (nSPS) is 11.6. The number of nitrogens with one attached hydrogen (secondary N) is 1. The van der Waals surface area contributed by atoms with E-state index in [1.807, 2.05) is 32.0 Å². The Hall–Kier alpha value is -0.840. The highest BCUT2D eigenvalue weighted by Crippen LogP contribution is 2.29. The lowest BCUT2D eigenvalue weighted by Gasteiger charge is -2.11. The Bertz CT molecular complexity index is 350. The Morgan fingerprint density at radius 1 is 1.25 bits per heavy atom. The van der Waals surface area contributed by atoms with Gasteiger partial charge in [0.25, 0.3) is 0 Å². The molecule has 0 amide bonds. The zero-order chi connectivity index (χ0) is 12.2. The fourth-order valence-corrected chi connectivity index (χ4v) is 1.71. The lowest BCUT2D eigenvalue weighted by molar-refractivity contribution is -0.0327. The molecule has 0 unspecified atom stereocenters. The third kappa shape index (κ3) is 4.79. The number of halogens is 3. The first-order valence-electron chi connectivity index (χ1n) is 4.90. The van der Waals surface area contributed by atoms with E-state index < -0.39 is 5.51 Å². The van der Waals surface area contributed by atoms with Gasteiger partial charge in [-0.2, -0.15) is 13.2 Å². The molecule has 0 spiro atoms. The maximum Gasteiger partial charge on any atom is 0.441 e. The molecule has 1 nitrogen and oxygen atoms in total. The van der Waals surface area contributed by atoms with E-state index in [0.29, 0.717) is 6.54 Å². The first-order chi connectivity index (χ1) is 7.38. The first-order valence-corrected chi connectivity index (χ1v) is 5.89. The van der Waals surface area contributed by atoms with E-state index in [-0.39, 0.29) is 17.5 Å². The van der Waals surface area contributed by atoms with Crippen molar-refractivity contribution in [3.05, 3.63) is 29.3 Å². The number of benzene rings is 1. The van der Waals surface area contributed by atoms with Gasteiger partial charge < -0.3 is 5.32 Å². The van der Waals surface area contributed by atoms with Crippen LogP contribution < -0.4 is 5.32 Å². The van der Waals surface area contributed by atoms with Crippen molar-refractivity contribution >= 4 is 17.4 Å². The molecule has 0 atom stereocenters. The number of hydrogen-bond acceptors (Lipinski definition) is 2. The topological polar surface area (TPSA) is 12.0 Å². The van der Waals surface area contributed by atoms with Crippen LogP contribution in [0.5, 0.6) is 0 Å². The van der Waals surface area contributed by atoms with Crippen molar-refractivity contribution in [2.45, 2.75) is 19.4 Å². The Morgan fingerprint density at radius 2 is 1.94 bits per heavy atom. The minimum Gasteiger partial charge on any atom is -0.384 e. The van der Waals surface area contributed by atoms with Crippen LogP contribution in [0.25, 0.3) is 0 Å². The summed E-state index contributed by atoms with van der Waals surface area (Å²) in [4.78, 5) is 0. The van der Waals surface area contributed by atoms with E-state index in [9.17, 15) is 13.2 Å². The highest BCUT2D eigenvalue weighted by atomic mass is 32.2. The fourth-order valence-electron chi connectivity index (χ4n) is 1.28. The molecule has 0 saturated carbocycles. The molecule has 1 rings (SSSR count). The van der Waals surface area contributed by atoms with Crippen molar-refractivity contribution in [1.29, 1.82) is 0 Å². The minimum atomic E-state index is -4.14. The molecule has 0 aliphatic carbocycles. The monoisotopic (exact) mass is 249 g/mol. The van der Waals surface area contributed by atoms with Crippen LogP contribution in [0.15, 0.2) is 18.2 Å². The zero-order valence-corrected chi connectivity index (χ0v) is 10.0. The summed E-state index contributed by atoms with van der Waals surface area (Å²) >= 11 is 0.000372. The molecule has 0 saturated heterocycles. The largest absolute Gasteiger partial charge is 0.441 e. The van der Waals surface area contributed by atoms with E-state index in [4.69, 9.17) is 0 Å². The summed E-state index contributed by atoms with van der Waals surface area (Å²) in [7, 11) is 0. The predicted octanol–water partition coefficient (Wildman–Crippen LogP) is 3.97. The van der Waals surface area contributed by atoms with Crippen LogP contribution in [0.4, 0.5) is 18.9 Å². The summed E-state index contributed by atoms with van der Waals surface area (Å²) < 4.78 is 35.6. The van der Waals surface area contributed by atoms with Crippen LogP contribution in [0.3, 0.4) is 0 Å². The Balaban J connectivity index is 2.40. The van der Waals surface area contributed by atoms with E-state index in [1.165, 1.54) is 0 Å². The van der Waals surface area contributed by atoms with E-state index in [0.717, 1.165) is 16.8 Å². The van der Waals surface area contributed by atoms with Crippen molar-refractivity contribution in [3.8, 4) is 0 Å². The van der Waals surface area contributed by atoms with Gasteiger partial charge in [-0.1, -0.05) is 12.1 Å². The molecule has 0 bridgehead atoms. The van der Waals surface area contributed by atoms with Crippen LogP contribution >= 0.6 is 11.8 Å². The molecule has 5 heteroatoms.